The number of hydrogen-bond donors (Lipinski definition) is 0. The standard InChI is InChI=1S/C21H19FN4O3S/c1-28-16-8-7-14(13-17(16)29-2)20(27)26(12-11-25-10-4-9-23-25)21-24-19-15(22)5-3-6-18(19)30-21/h3-10,13H,11-12H2,1-2H3. The molecule has 0 unspecified atom stereocenters. The second-order valence-electron chi connectivity index (χ2n) is 6.38. The topological polar surface area (TPSA) is 69.5 Å². The van der Waals surface area contributed by atoms with Crippen LogP contribution in [0.4, 0.5) is 9.52 Å². The highest BCUT2D eigenvalue weighted by Crippen LogP contribution is 2.33. The molecule has 0 N–H and O–H groups in total. The molecular formula is C21H19FN4O3S. The Morgan fingerprint density at radius 3 is 2.70 bits per heavy atom. The summed E-state index contributed by atoms with van der Waals surface area (Å²) in [4.78, 5) is 19.3. The lowest BCUT2D eigenvalue weighted by Crippen LogP contribution is -2.34. The number of carbonyl (C=O) groups is 1. The lowest BCUT2D eigenvalue weighted by atomic mass is 10.1. The van der Waals surface area contributed by atoms with Gasteiger partial charge in [0.1, 0.15) is 11.3 Å². The number of halogens is 1. The van der Waals surface area contributed by atoms with Crippen LogP contribution in [0, 0.1) is 5.82 Å². The minimum atomic E-state index is -0.416. The van der Waals surface area contributed by atoms with E-state index in [-0.39, 0.29) is 11.4 Å². The maximum atomic E-state index is 14.2. The first kappa shape index (κ1) is 19.8. The van der Waals surface area contributed by atoms with E-state index >= 15 is 0 Å². The molecule has 4 rings (SSSR count). The molecule has 0 aliphatic carbocycles. The number of para-hydroxylation sites is 1. The van der Waals surface area contributed by atoms with Gasteiger partial charge in [-0.1, -0.05) is 17.4 Å². The van der Waals surface area contributed by atoms with Gasteiger partial charge in [-0.05, 0) is 36.4 Å². The Labute approximate surface area is 176 Å². The molecule has 0 aliphatic rings. The first-order valence-electron chi connectivity index (χ1n) is 9.17. The van der Waals surface area contributed by atoms with Crippen LogP contribution in [0.2, 0.25) is 0 Å². The third-order valence-electron chi connectivity index (χ3n) is 4.58. The van der Waals surface area contributed by atoms with Crippen molar-refractivity contribution in [1.82, 2.24) is 14.8 Å². The Bertz CT molecular complexity index is 1180. The summed E-state index contributed by atoms with van der Waals surface area (Å²) < 4.78 is 27.1. The molecule has 0 fully saturated rings. The van der Waals surface area contributed by atoms with Gasteiger partial charge in [-0.3, -0.25) is 14.4 Å². The lowest BCUT2D eigenvalue weighted by molar-refractivity contribution is 0.0985. The van der Waals surface area contributed by atoms with Gasteiger partial charge in [0.25, 0.3) is 5.91 Å². The highest BCUT2D eigenvalue weighted by Gasteiger charge is 2.23. The number of amides is 1. The van der Waals surface area contributed by atoms with Crippen LogP contribution in [0.15, 0.2) is 54.9 Å². The molecule has 30 heavy (non-hydrogen) atoms. The summed E-state index contributed by atoms with van der Waals surface area (Å²) in [7, 11) is 3.04. The molecule has 4 aromatic rings. The maximum Gasteiger partial charge on any atom is 0.260 e. The van der Waals surface area contributed by atoms with Gasteiger partial charge in [-0.15, -0.1) is 0 Å². The molecule has 0 bridgehead atoms. The van der Waals surface area contributed by atoms with Crippen LogP contribution in [-0.4, -0.2) is 41.4 Å². The number of carbonyl (C=O) groups excluding carboxylic acids is 1. The van der Waals surface area contributed by atoms with Crippen molar-refractivity contribution in [3.05, 3.63) is 66.2 Å². The molecule has 2 heterocycles. The summed E-state index contributed by atoms with van der Waals surface area (Å²) >= 11 is 1.27. The number of rotatable bonds is 7. The molecule has 7 nitrogen and oxygen atoms in total. The van der Waals surface area contributed by atoms with Gasteiger partial charge in [0, 0.05) is 24.5 Å². The summed E-state index contributed by atoms with van der Waals surface area (Å²) in [6.45, 7) is 0.779. The van der Waals surface area contributed by atoms with Gasteiger partial charge < -0.3 is 9.47 Å². The average Bonchev–Trinajstić information content (AvgIpc) is 3.44. The third-order valence-corrected chi connectivity index (χ3v) is 5.62. The minimum Gasteiger partial charge on any atom is -0.493 e. The first-order valence-corrected chi connectivity index (χ1v) is 9.98. The predicted molar refractivity (Wildman–Crippen MR) is 113 cm³/mol. The Morgan fingerprint density at radius 2 is 2.00 bits per heavy atom. The Hall–Kier alpha value is -3.46. The second kappa shape index (κ2) is 8.50. The fourth-order valence-corrected chi connectivity index (χ4v) is 4.07. The molecule has 0 radical (unpaired) electrons. The van der Waals surface area contributed by atoms with E-state index in [1.807, 2.05) is 12.3 Å². The number of benzene rings is 2. The monoisotopic (exact) mass is 426 g/mol. The van der Waals surface area contributed by atoms with Crippen molar-refractivity contribution < 1.29 is 18.7 Å². The van der Waals surface area contributed by atoms with Crippen molar-refractivity contribution >= 4 is 32.6 Å². The summed E-state index contributed by atoms with van der Waals surface area (Å²) in [6.07, 6.45) is 3.49. The summed E-state index contributed by atoms with van der Waals surface area (Å²) in [5.74, 6) is 0.285. The van der Waals surface area contributed by atoms with Crippen molar-refractivity contribution in [3.8, 4) is 11.5 Å². The number of thiazole rings is 1. The lowest BCUT2D eigenvalue weighted by Gasteiger charge is -2.20. The fraction of sp³-hybridized carbons (Fsp3) is 0.190. The average molecular weight is 426 g/mol. The molecule has 0 saturated carbocycles. The van der Waals surface area contributed by atoms with Crippen molar-refractivity contribution in [2.75, 3.05) is 25.7 Å². The van der Waals surface area contributed by atoms with Gasteiger partial charge in [0.2, 0.25) is 0 Å². The second-order valence-corrected chi connectivity index (χ2v) is 7.39. The SMILES string of the molecule is COc1ccc(C(=O)N(CCn2cccn2)c2nc3c(F)cccc3s2)cc1OC. The van der Waals surface area contributed by atoms with Gasteiger partial charge in [0.05, 0.1) is 25.5 Å². The zero-order valence-corrected chi connectivity index (χ0v) is 17.2. The number of fused-ring (bicyclic) bond motifs is 1. The van der Waals surface area contributed by atoms with E-state index in [0.29, 0.717) is 40.0 Å². The Morgan fingerprint density at radius 1 is 1.17 bits per heavy atom. The number of methoxy groups -OCH3 is 2. The number of hydrogen-bond acceptors (Lipinski definition) is 6. The highest BCUT2D eigenvalue weighted by molar-refractivity contribution is 7.22. The van der Waals surface area contributed by atoms with Crippen LogP contribution in [0.1, 0.15) is 10.4 Å². The highest BCUT2D eigenvalue weighted by atomic mass is 32.1. The smallest absolute Gasteiger partial charge is 0.260 e. The minimum absolute atomic E-state index is 0.252. The van der Waals surface area contributed by atoms with E-state index in [1.165, 1.54) is 36.5 Å². The third kappa shape index (κ3) is 3.84. The molecule has 9 heteroatoms. The van der Waals surface area contributed by atoms with Crippen LogP contribution >= 0.6 is 11.3 Å². The normalized spacial score (nSPS) is 10.9. The molecule has 0 saturated heterocycles. The predicted octanol–water partition coefficient (Wildman–Crippen LogP) is 4.00. The van der Waals surface area contributed by atoms with Crippen LogP contribution in [-0.2, 0) is 6.54 Å². The number of nitrogens with zero attached hydrogens (tertiary/aromatic N) is 4. The number of anilines is 1. The van der Waals surface area contributed by atoms with Crippen molar-refractivity contribution in [3.63, 3.8) is 0 Å². The van der Waals surface area contributed by atoms with Gasteiger partial charge in [-0.2, -0.15) is 5.10 Å². The zero-order chi connectivity index (χ0) is 21.1. The van der Waals surface area contributed by atoms with Crippen LogP contribution < -0.4 is 14.4 Å². The molecular weight excluding hydrogens is 407 g/mol. The van der Waals surface area contributed by atoms with E-state index < -0.39 is 5.82 Å². The molecule has 0 aliphatic heterocycles. The zero-order valence-electron chi connectivity index (χ0n) is 16.4. The fourth-order valence-electron chi connectivity index (χ4n) is 3.06. The molecule has 2 aromatic carbocycles. The van der Waals surface area contributed by atoms with E-state index in [4.69, 9.17) is 9.47 Å². The summed E-state index contributed by atoms with van der Waals surface area (Å²) in [6, 6.07) is 11.5. The van der Waals surface area contributed by atoms with E-state index in [2.05, 4.69) is 10.1 Å². The van der Waals surface area contributed by atoms with Crippen LogP contribution in [0.25, 0.3) is 10.2 Å². The Kier molecular flexibility index (Phi) is 5.62. The first-order chi connectivity index (χ1) is 14.6. The van der Waals surface area contributed by atoms with E-state index in [1.54, 1.807) is 41.2 Å². The molecule has 154 valence electrons. The summed E-state index contributed by atoms with van der Waals surface area (Å²) in [5.41, 5.74) is 0.662. The largest absolute Gasteiger partial charge is 0.493 e. The molecule has 1 amide bonds. The van der Waals surface area contributed by atoms with E-state index in [0.717, 1.165) is 0 Å². The van der Waals surface area contributed by atoms with Crippen molar-refractivity contribution in [2.24, 2.45) is 0 Å². The van der Waals surface area contributed by atoms with Crippen molar-refractivity contribution in [2.45, 2.75) is 6.54 Å². The molecule has 0 atom stereocenters. The Balaban J connectivity index is 1.72. The number of aromatic nitrogens is 3. The van der Waals surface area contributed by atoms with Gasteiger partial charge >= 0.3 is 0 Å². The van der Waals surface area contributed by atoms with Gasteiger partial charge in [-0.25, -0.2) is 9.37 Å². The quantitative estimate of drug-likeness (QED) is 0.447. The molecule has 0 spiro atoms. The van der Waals surface area contributed by atoms with Gasteiger partial charge in [0.15, 0.2) is 16.6 Å². The van der Waals surface area contributed by atoms with E-state index in [9.17, 15) is 9.18 Å². The number of ether oxygens (including phenoxy) is 2. The van der Waals surface area contributed by atoms with Crippen LogP contribution in [0.3, 0.4) is 0 Å². The van der Waals surface area contributed by atoms with Crippen LogP contribution in [0.5, 0.6) is 11.5 Å². The maximum absolute atomic E-state index is 14.2. The van der Waals surface area contributed by atoms with Crippen molar-refractivity contribution in [1.29, 1.82) is 0 Å². The summed E-state index contributed by atoms with van der Waals surface area (Å²) in [5, 5.41) is 4.60. The molecule has 2 aromatic heterocycles.